The highest BCUT2D eigenvalue weighted by atomic mass is 16.6. The van der Waals surface area contributed by atoms with Gasteiger partial charge in [0.05, 0.1) is 12.5 Å². The van der Waals surface area contributed by atoms with Crippen LogP contribution in [0.5, 0.6) is 0 Å². The van der Waals surface area contributed by atoms with Crippen LogP contribution in [0.25, 0.3) is 11.1 Å². The van der Waals surface area contributed by atoms with Crippen molar-refractivity contribution in [3.8, 4) is 11.1 Å². The summed E-state index contributed by atoms with van der Waals surface area (Å²) in [7, 11) is 0. The first kappa shape index (κ1) is 24.7. The summed E-state index contributed by atoms with van der Waals surface area (Å²) in [5.74, 6) is -1.43. The van der Waals surface area contributed by atoms with E-state index in [4.69, 9.17) is 14.6 Å². The van der Waals surface area contributed by atoms with Crippen molar-refractivity contribution in [2.75, 3.05) is 13.2 Å². The van der Waals surface area contributed by atoms with Gasteiger partial charge >= 0.3 is 12.1 Å². The van der Waals surface area contributed by atoms with Gasteiger partial charge in [-0.3, -0.25) is 9.59 Å². The molecule has 1 aliphatic heterocycles. The Labute approximate surface area is 205 Å². The zero-order valence-electron chi connectivity index (χ0n) is 19.9. The first-order valence-corrected chi connectivity index (χ1v) is 12.2. The third-order valence-corrected chi connectivity index (χ3v) is 6.67. The van der Waals surface area contributed by atoms with E-state index < -0.39 is 36.2 Å². The van der Waals surface area contributed by atoms with E-state index in [1.165, 1.54) is 0 Å². The van der Waals surface area contributed by atoms with Crippen molar-refractivity contribution >= 4 is 18.0 Å². The van der Waals surface area contributed by atoms with Crippen LogP contribution in [0.2, 0.25) is 0 Å². The molecule has 3 N–H and O–H groups in total. The second-order valence-corrected chi connectivity index (χ2v) is 9.10. The number of rotatable bonds is 10. The fourth-order valence-electron chi connectivity index (χ4n) is 4.96. The first-order chi connectivity index (χ1) is 17.0. The molecule has 1 aliphatic carbocycles. The number of carboxylic acids is 1. The lowest BCUT2D eigenvalue weighted by atomic mass is 9.98. The smallest absolute Gasteiger partial charge is 0.407 e. The first-order valence-electron chi connectivity index (χ1n) is 12.2. The zero-order chi connectivity index (χ0) is 24.8. The second-order valence-electron chi connectivity index (χ2n) is 9.10. The number of fused-ring (bicyclic) bond motifs is 3. The van der Waals surface area contributed by atoms with Crippen LogP contribution in [0.3, 0.4) is 0 Å². The van der Waals surface area contributed by atoms with Gasteiger partial charge in [-0.25, -0.2) is 4.79 Å². The van der Waals surface area contributed by atoms with Gasteiger partial charge in [0.25, 0.3) is 5.91 Å². The molecular weight excluding hydrogens is 448 g/mol. The van der Waals surface area contributed by atoms with Crippen LogP contribution in [0.15, 0.2) is 48.5 Å². The molecule has 0 saturated carbocycles. The monoisotopic (exact) mass is 480 g/mol. The van der Waals surface area contributed by atoms with E-state index in [-0.39, 0.29) is 18.9 Å². The van der Waals surface area contributed by atoms with Crippen LogP contribution >= 0.6 is 0 Å². The highest BCUT2D eigenvalue weighted by Crippen LogP contribution is 2.44. The fourth-order valence-corrected chi connectivity index (χ4v) is 4.96. The minimum Gasteiger partial charge on any atom is -0.481 e. The lowest BCUT2D eigenvalue weighted by Gasteiger charge is -2.23. The standard InChI is InChI=1S/C27H32N2O6/c1-2-3-8-17(15-24(30)31)28-26(32)25-23(13-14-34-25)29-27(33)35-16-22-20-11-6-4-9-18(20)19-10-5-7-12-21(19)22/h4-7,9-12,17,22-23,25H,2-3,8,13-16H2,1H3,(H,28,32)(H,29,33)(H,30,31)/t17?,23-,25+/m1/s1. The van der Waals surface area contributed by atoms with Gasteiger partial charge in [-0.05, 0) is 35.1 Å². The maximum absolute atomic E-state index is 12.8. The van der Waals surface area contributed by atoms with E-state index in [0.717, 1.165) is 35.1 Å². The molecule has 0 bridgehead atoms. The highest BCUT2D eigenvalue weighted by Gasteiger charge is 2.37. The van der Waals surface area contributed by atoms with Gasteiger partial charge in [-0.2, -0.15) is 0 Å². The molecule has 186 valence electrons. The summed E-state index contributed by atoms with van der Waals surface area (Å²) in [6, 6.07) is 15.2. The number of hydrogen-bond donors (Lipinski definition) is 3. The minimum atomic E-state index is -0.966. The normalized spacial score (nSPS) is 19.5. The molecule has 1 saturated heterocycles. The van der Waals surface area contributed by atoms with Crippen LogP contribution < -0.4 is 10.6 Å². The van der Waals surface area contributed by atoms with Crippen molar-refractivity contribution in [1.82, 2.24) is 10.6 Å². The molecule has 1 heterocycles. The lowest BCUT2D eigenvalue weighted by Crippen LogP contribution is -2.51. The molecule has 2 amide bonds. The molecule has 8 nitrogen and oxygen atoms in total. The Hall–Kier alpha value is -3.39. The number of aliphatic carboxylic acids is 1. The average Bonchev–Trinajstić information content (AvgIpc) is 3.43. The summed E-state index contributed by atoms with van der Waals surface area (Å²) in [5.41, 5.74) is 4.55. The topological polar surface area (TPSA) is 114 Å². The lowest BCUT2D eigenvalue weighted by molar-refractivity contribution is -0.138. The van der Waals surface area contributed by atoms with Crippen LogP contribution in [-0.4, -0.2) is 54.5 Å². The van der Waals surface area contributed by atoms with Crippen molar-refractivity contribution in [3.63, 3.8) is 0 Å². The van der Waals surface area contributed by atoms with Gasteiger partial charge in [0.2, 0.25) is 0 Å². The number of hydrogen-bond acceptors (Lipinski definition) is 5. The maximum atomic E-state index is 12.8. The summed E-state index contributed by atoms with van der Waals surface area (Å²) >= 11 is 0. The molecular formula is C27H32N2O6. The SMILES string of the molecule is CCCCC(CC(=O)O)NC(=O)[C@H]1OCC[C@H]1NC(=O)OCC1c2ccccc2-c2ccccc21. The Morgan fingerprint density at radius 1 is 1.09 bits per heavy atom. The largest absolute Gasteiger partial charge is 0.481 e. The summed E-state index contributed by atoms with van der Waals surface area (Å²) < 4.78 is 11.2. The Morgan fingerprint density at radius 3 is 2.37 bits per heavy atom. The fraction of sp³-hybridized carbons (Fsp3) is 0.444. The summed E-state index contributed by atoms with van der Waals surface area (Å²) in [6.45, 7) is 2.51. The number of carboxylic acid groups (broad SMARTS) is 1. The van der Waals surface area contributed by atoms with E-state index >= 15 is 0 Å². The summed E-state index contributed by atoms with van der Waals surface area (Å²) in [4.78, 5) is 36.6. The Kier molecular flexibility index (Phi) is 8.02. The molecule has 0 spiro atoms. The highest BCUT2D eigenvalue weighted by molar-refractivity contribution is 5.84. The third-order valence-electron chi connectivity index (χ3n) is 6.67. The van der Waals surface area contributed by atoms with Gasteiger partial charge in [0.15, 0.2) is 6.10 Å². The van der Waals surface area contributed by atoms with Crippen molar-refractivity contribution < 1.29 is 29.0 Å². The predicted octanol–water partition coefficient (Wildman–Crippen LogP) is 3.83. The number of unbranched alkanes of at least 4 members (excludes halogenated alkanes) is 1. The average molecular weight is 481 g/mol. The molecule has 4 rings (SSSR count). The quantitative estimate of drug-likeness (QED) is 0.476. The molecule has 2 aromatic rings. The molecule has 3 atom stereocenters. The molecule has 1 fully saturated rings. The van der Waals surface area contributed by atoms with E-state index in [1.54, 1.807) is 0 Å². The molecule has 8 heteroatoms. The Bertz CT molecular complexity index is 1030. The van der Waals surface area contributed by atoms with E-state index in [9.17, 15) is 14.4 Å². The molecule has 1 unspecified atom stereocenters. The third kappa shape index (κ3) is 5.82. The Morgan fingerprint density at radius 2 is 1.74 bits per heavy atom. The van der Waals surface area contributed by atoms with Crippen molar-refractivity contribution in [2.24, 2.45) is 0 Å². The maximum Gasteiger partial charge on any atom is 0.407 e. The zero-order valence-corrected chi connectivity index (χ0v) is 19.9. The number of amides is 2. The van der Waals surface area contributed by atoms with Crippen molar-refractivity contribution in [1.29, 1.82) is 0 Å². The van der Waals surface area contributed by atoms with Gasteiger partial charge in [-0.1, -0.05) is 68.3 Å². The molecule has 0 aromatic heterocycles. The van der Waals surface area contributed by atoms with E-state index in [2.05, 4.69) is 34.9 Å². The summed E-state index contributed by atoms with van der Waals surface area (Å²) in [5, 5.41) is 14.7. The molecule has 2 aromatic carbocycles. The number of carbonyl (C=O) groups is 3. The Balaban J connectivity index is 1.34. The number of alkyl carbamates (subject to hydrolysis) is 1. The predicted molar refractivity (Wildman–Crippen MR) is 130 cm³/mol. The van der Waals surface area contributed by atoms with Crippen LogP contribution in [0.4, 0.5) is 4.79 Å². The van der Waals surface area contributed by atoms with Gasteiger partial charge in [0, 0.05) is 18.6 Å². The van der Waals surface area contributed by atoms with Gasteiger partial charge in [0.1, 0.15) is 6.61 Å². The number of benzene rings is 2. The van der Waals surface area contributed by atoms with Crippen molar-refractivity contribution in [3.05, 3.63) is 59.7 Å². The number of nitrogens with one attached hydrogen (secondary N) is 2. The second kappa shape index (κ2) is 11.4. The van der Waals surface area contributed by atoms with Crippen molar-refractivity contribution in [2.45, 2.75) is 63.1 Å². The van der Waals surface area contributed by atoms with Gasteiger partial charge in [-0.15, -0.1) is 0 Å². The molecule has 2 aliphatic rings. The van der Waals surface area contributed by atoms with Crippen LogP contribution in [0, 0.1) is 0 Å². The molecule has 0 radical (unpaired) electrons. The van der Waals surface area contributed by atoms with Crippen LogP contribution in [-0.2, 0) is 19.1 Å². The minimum absolute atomic E-state index is 0.0533. The molecule has 35 heavy (non-hydrogen) atoms. The van der Waals surface area contributed by atoms with E-state index in [1.807, 2.05) is 31.2 Å². The van der Waals surface area contributed by atoms with E-state index in [0.29, 0.717) is 19.4 Å². The van der Waals surface area contributed by atoms with Crippen LogP contribution in [0.1, 0.15) is 56.1 Å². The number of ether oxygens (including phenoxy) is 2. The van der Waals surface area contributed by atoms with Gasteiger partial charge < -0.3 is 25.2 Å². The number of carbonyl (C=O) groups excluding carboxylic acids is 2. The summed E-state index contributed by atoms with van der Waals surface area (Å²) in [6.07, 6.45) is 1.13.